The summed E-state index contributed by atoms with van der Waals surface area (Å²) in [5, 5.41) is 11.2. The Bertz CT molecular complexity index is 2970. The number of hydrogen-bond acceptors (Lipinski definition) is 9. The Labute approximate surface area is 433 Å². The van der Waals surface area contributed by atoms with Crippen LogP contribution in [0.25, 0.3) is 21.5 Å². The molecule has 4 aliphatic rings. The number of halogens is 2. The van der Waals surface area contributed by atoms with Crippen LogP contribution < -0.4 is 30.3 Å². The minimum Gasteiger partial charge on any atom is -0.404 e. The SMILES string of the molecule is CCC1(C(=O)N2C[C@@H](CCl)c3c2cc(NC(=O)[C@H](C)NC(=O)C(NC(=O)CCCCCN2C(=O)C=CC2=O)C(C)C)c2ccccc32)CC(C)(C(=O)N2CC(CCl)c3c2cc(OP(=O)(O)O)c2ccccc32)C1. The topological polar surface area (TPSA) is 232 Å². The van der Waals surface area contributed by atoms with Gasteiger partial charge >= 0.3 is 7.82 Å². The third kappa shape index (κ3) is 10.5. The first kappa shape index (κ1) is 53.5. The van der Waals surface area contributed by atoms with Crippen molar-refractivity contribution >= 4 is 111 Å². The monoisotopic (exact) mass is 1060 g/mol. The molecule has 1 fully saturated rings. The van der Waals surface area contributed by atoms with Crippen LogP contribution in [0.5, 0.6) is 5.75 Å². The lowest BCUT2D eigenvalue weighted by molar-refractivity contribution is -0.153. The highest BCUT2D eigenvalue weighted by Gasteiger charge is 2.62. The van der Waals surface area contributed by atoms with E-state index in [1.165, 1.54) is 18.2 Å². The normalized spacial score (nSPS) is 22.1. The van der Waals surface area contributed by atoms with Crippen molar-refractivity contribution in [1.82, 2.24) is 15.5 Å². The largest absolute Gasteiger partial charge is 0.524 e. The van der Waals surface area contributed by atoms with Gasteiger partial charge in [-0.1, -0.05) is 82.6 Å². The molecule has 2 unspecified atom stereocenters. The summed E-state index contributed by atoms with van der Waals surface area (Å²) < 4.78 is 17.2. The molecule has 20 heteroatoms. The quantitative estimate of drug-likeness (QED) is 0.0264. The molecule has 0 bridgehead atoms. The minimum atomic E-state index is -4.98. The van der Waals surface area contributed by atoms with Crippen LogP contribution in [0.1, 0.15) is 103 Å². The molecule has 4 aromatic rings. The second-order valence-electron chi connectivity index (χ2n) is 20.4. The molecule has 4 atom stereocenters. The van der Waals surface area contributed by atoms with Gasteiger partial charge in [0.05, 0.1) is 16.8 Å². The number of rotatable bonds is 19. The molecular weight excluding hydrogens is 998 g/mol. The van der Waals surface area contributed by atoms with Crippen molar-refractivity contribution in [2.24, 2.45) is 16.7 Å². The van der Waals surface area contributed by atoms with Crippen LogP contribution >= 0.6 is 31.0 Å². The van der Waals surface area contributed by atoms with E-state index >= 15 is 4.79 Å². The maximum atomic E-state index is 15.2. The Balaban J connectivity index is 0.969. The Morgan fingerprint density at radius 2 is 1.32 bits per heavy atom. The molecule has 3 heterocycles. The molecule has 7 amide bonds. The van der Waals surface area contributed by atoms with Gasteiger partial charge in [-0.3, -0.25) is 48.2 Å². The highest BCUT2D eigenvalue weighted by Crippen LogP contribution is 2.61. The van der Waals surface area contributed by atoms with E-state index in [1.54, 1.807) is 54.8 Å². The van der Waals surface area contributed by atoms with Gasteiger partial charge in [-0.05, 0) is 72.9 Å². The van der Waals surface area contributed by atoms with Gasteiger partial charge in [0.1, 0.15) is 17.8 Å². The standard InChI is InChI=1S/C53H61Cl2N6O11P/c1-6-53(28-52(5,29-53)50(67)60-26-32(24-54)46-37-17-12-10-15-35(37)41(23-40(46)60)72-73(69,70)71)51(68)61-27-33(25-55)45-36-16-11-9-14-34(36)38(22-39(45)61)57-48(65)31(4)56-49(66)47(30(2)3)58-42(62)18-8-7-13-21-59-43(63)19-20-44(59)64/h9-12,14-17,19-20,22-23,30-33,47H,6-8,13,18,21,24-29H2,1-5H3,(H,56,66)(H,57,65)(H,58,62)(H2,69,70,71)/t31-,32?,33+,47?,52?,53?/m0/s1. The lowest BCUT2D eigenvalue weighted by Gasteiger charge is -2.54. The second kappa shape index (κ2) is 21.2. The molecule has 73 heavy (non-hydrogen) atoms. The smallest absolute Gasteiger partial charge is 0.404 e. The summed E-state index contributed by atoms with van der Waals surface area (Å²) in [5.74, 6) is -3.07. The number of hydrogen-bond donors (Lipinski definition) is 5. The predicted molar refractivity (Wildman–Crippen MR) is 280 cm³/mol. The molecule has 0 radical (unpaired) electrons. The van der Waals surface area contributed by atoms with Crippen molar-refractivity contribution in [2.45, 2.75) is 103 Å². The van der Waals surface area contributed by atoms with Crippen LogP contribution in [0.3, 0.4) is 0 Å². The van der Waals surface area contributed by atoms with Crippen LogP contribution in [0, 0.1) is 16.7 Å². The zero-order valence-electron chi connectivity index (χ0n) is 41.4. The maximum absolute atomic E-state index is 15.2. The highest BCUT2D eigenvalue weighted by atomic mass is 35.5. The molecule has 4 aromatic carbocycles. The van der Waals surface area contributed by atoms with E-state index in [4.69, 9.17) is 27.7 Å². The molecular formula is C53H61Cl2N6O11P. The number of imide groups is 1. The first-order chi connectivity index (χ1) is 34.6. The van der Waals surface area contributed by atoms with Crippen LogP contribution in [0.4, 0.5) is 17.1 Å². The van der Waals surface area contributed by atoms with Gasteiger partial charge in [0.15, 0.2) is 0 Å². The lowest BCUT2D eigenvalue weighted by Crippen LogP contribution is -2.60. The van der Waals surface area contributed by atoms with E-state index in [2.05, 4.69) is 16.0 Å². The van der Waals surface area contributed by atoms with Crippen LogP contribution in [0.15, 0.2) is 72.8 Å². The van der Waals surface area contributed by atoms with E-state index in [0.717, 1.165) is 21.4 Å². The van der Waals surface area contributed by atoms with E-state index in [-0.39, 0.29) is 104 Å². The number of benzene rings is 4. The molecule has 1 aliphatic carbocycles. The molecule has 17 nitrogen and oxygen atoms in total. The average Bonchev–Trinajstić information content (AvgIpc) is 4.02. The number of anilines is 3. The second-order valence-corrected chi connectivity index (χ2v) is 22.2. The fourth-order valence-corrected chi connectivity index (χ4v) is 12.2. The summed E-state index contributed by atoms with van der Waals surface area (Å²) in [6.07, 6.45) is 5.06. The zero-order chi connectivity index (χ0) is 52.7. The van der Waals surface area contributed by atoms with Crippen LogP contribution in [-0.4, -0.2) is 99.5 Å². The van der Waals surface area contributed by atoms with Gasteiger partial charge in [-0.2, -0.15) is 0 Å². The van der Waals surface area contributed by atoms with Gasteiger partial charge in [-0.25, -0.2) is 4.57 Å². The molecule has 388 valence electrons. The molecule has 3 aliphatic heterocycles. The molecule has 8 rings (SSSR count). The number of nitrogens with one attached hydrogen (secondary N) is 3. The molecule has 5 N–H and O–H groups in total. The predicted octanol–water partition coefficient (Wildman–Crippen LogP) is 7.77. The molecule has 1 saturated carbocycles. The van der Waals surface area contributed by atoms with E-state index in [0.29, 0.717) is 58.9 Å². The van der Waals surface area contributed by atoms with E-state index < -0.39 is 42.6 Å². The maximum Gasteiger partial charge on any atom is 0.524 e. The molecule has 0 saturated heterocycles. The number of amides is 7. The number of fused-ring (bicyclic) bond motifs is 6. The number of carbonyl (C=O) groups excluding carboxylic acids is 7. The van der Waals surface area contributed by atoms with Crippen molar-refractivity contribution < 1.29 is 52.4 Å². The first-order valence-electron chi connectivity index (χ1n) is 24.7. The Morgan fingerprint density at radius 3 is 1.88 bits per heavy atom. The average molecular weight is 1060 g/mol. The van der Waals surface area contributed by atoms with Gasteiger partial charge in [0.25, 0.3) is 11.8 Å². The fourth-order valence-electron chi connectivity index (χ4n) is 11.3. The van der Waals surface area contributed by atoms with Gasteiger partial charge in [0.2, 0.25) is 29.5 Å². The molecule has 0 aromatic heterocycles. The third-order valence-electron chi connectivity index (χ3n) is 14.9. The van der Waals surface area contributed by atoms with Gasteiger partial charge in [0, 0.05) is 89.7 Å². The third-order valence-corrected chi connectivity index (χ3v) is 16.1. The van der Waals surface area contributed by atoms with E-state index in [9.17, 15) is 43.1 Å². The lowest BCUT2D eigenvalue weighted by atomic mass is 9.51. The molecule has 0 spiro atoms. The van der Waals surface area contributed by atoms with Crippen molar-refractivity contribution in [1.29, 1.82) is 0 Å². The minimum absolute atomic E-state index is 0.0645. The number of nitrogens with zero attached hydrogens (tertiary/aromatic N) is 3. The Kier molecular flexibility index (Phi) is 15.5. The van der Waals surface area contributed by atoms with Crippen molar-refractivity contribution in [3.05, 3.63) is 83.9 Å². The van der Waals surface area contributed by atoms with Gasteiger partial charge in [-0.15, -0.1) is 23.2 Å². The van der Waals surface area contributed by atoms with Crippen molar-refractivity contribution in [3.63, 3.8) is 0 Å². The number of phosphoric ester groups is 1. The number of alkyl halides is 2. The summed E-state index contributed by atoms with van der Waals surface area (Å²) in [5.41, 5.74) is 1.14. The first-order valence-corrected chi connectivity index (χ1v) is 27.3. The van der Waals surface area contributed by atoms with Gasteiger partial charge < -0.3 is 30.3 Å². The Hall–Kier alpha value is -5.84. The highest BCUT2D eigenvalue weighted by molar-refractivity contribution is 7.46. The fraction of sp³-hybridized carbons (Fsp3) is 0.453. The zero-order valence-corrected chi connectivity index (χ0v) is 43.8. The summed E-state index contributed by atoms with van der Waals surface area (Å²) >= 11 is 13.2. The van der Waals surface area contributed by atoms with Crippen molar-refractivity contribution in [3.8, 4) is 5.75 Å². The summed E-state index contributed by atoms with van der Waals surface area (Å²) in [4.78, 5) is 118. The number of carbonyl (C=O) groups is 7. The van der Waals surface area contributed by atoms with Crippen LogP contribution in [-0.2, 0) is 38.1 Å². The Morgan fingerprint density at radius 1 is 0.767 bits per heavy atom. The summed E-state index contributed by atoms with van der Waals surface area (Å²) in [6, 6.07) is 15.8. The summed E-state index contributed by atoms with van der Waals surface area (Å²) in [7, 11) is -4.98. The van der Waals surface area contributed by atoms with Crippen LogP contribution in [0.2, 0.25) is 0 Å². The van der Waals surface area contributed by atoms with E-state index in [1.807, 2.05) is 44.2 Å². The van der Waals surface area contributed by atoms with Crippen molar-refractivity contribution in [2.75, 3.05) is 46.5 Å². The number of unbranched alkanes of at least 4 members (excludes halogenated alkanes) is 2. The summed E-state index contributed by atoms with van der Waals surface area (Å²) in [6.45, 7) is 9.63. The number of phosphoric acid groups is 1.